The molecule has 0 aliphatic rings. The van der Waals surface area contributed by atoms with Crippen LogP contribution in [0.15, 0.2) is 12.1 Å². The highest BCUT2D eigenvalue weighted by Crippen LogP contribution is 2.22. The van der Waals surface area contributed by atoms with E-state index in [9.17, 15) is 19.8 Å². The molecule has 1 rings (SSSR count). The Balaban J connectivity index is 3.48. The molecule has 0 N–H and O–H groups in total. The van der Waals surface area contributed by atoms with Gasteiger partial charge in [-0.3, -0.25) is 0 Å². The Hall–Kier alpha value is -1.84. The van der Waals surface area contributed by atoms with Crippen LogP contribution in [-0.2, 0) is 12.8 Å². The Kier molecular flexibility index (Phi) is 4.89. The predicted molar refractivity (Wildman–Crippen MR) is 63.1 cm³/mol. The molecule has 0 heterocycles. The second-order valence-corrected chi connectivity index (χ2v) is 4.20. The van der Waals surface area contributed by atoms with Gasteiger partial charge in [-0.25, -0.2) is 0 Å². The summed E-state index contributed by atoms with van der Waals surface area (Å²) < 4.78 is 0. The maximum atomic E-state index is 11.2. The van der Waals surface area contributed by atoms with Crippen molar-refractivity contribution in [2.75, 3.05) is 0 Å². The van der Waals surface area contributed by atoms with Crippen molar-refractivity contribution in [2.24, 2.45) is 0 Å². The average molecular weight is 248 g/mol. The molecule has 0 unspecified atom stereocenters. The van der Waals surface area contributed by atoms with Gasteiger partial charge in [0.25, 0.3) is 0 Å². The summed E-state index contributed by atoms with van der Waals surface area (Å²) in [5.74, 6) is -2.66. The average Bonchev–Trinajstić information content (AvgIpc) is 2.29. The van der Waals surface area contributed by atoms with E-state index in [1.54, 1.807) is 6.07 Å². The summed E-state index contributed by atoms with van der Waals surface area (Å²) in [7, 11) is 0. The first-order valence-electron chi connectivity index (χ1n) is 6.10. The zero-order chi connectivity index (χ0) is 13.7. The molecular weight excluding hydrogens is 232 g/mol. The fourth-order valence-corrected chi connectivity index (χ4v) is 2.13. The van der Waals surface area contributed by atoms with Crippen LogP contribution < -0.4 is 10.2 Å². The highest BCUT2D eigenvalue weighted by molar-refractivity contribution is 5.96. The zero-order valence-corrected chi connectivity index (χ0v) is 10.6. The van der Waals surface area contributed by atoms with Gasteiger partial charge in [-0.15, -0.1) is 0 Å². The molecule has 18 heavy (non-hydrogen) atoms. The quantitative estimate of drug-likeness (QED) is 0.726. The monoisotopic (exact) mass is 248 g/mol. The summed E-state index contributed by atoms with van der Waals surface area (Å²) >= 11 is 0. The summed E-state index contributed by atoms with van der Waals surface area (Å²) in [5.41, 5.74) is 0.936. The first-order valence-corrected chi connectivity index (χ1v) is 6.10. The largest absolute Gasteiger partial charge is 0.545 e. The third-order valence-electron chi connectivity index (χ3n) is 2.84. The van der Waals surface area contributed by atoms with Crippen molar-refractivity contribution >= 4 is 11.9 Å². The predicted octanol–water partition coefficient (Wildman–Crippen LogP) is 0.319. The number of aryl methyl sites for hydroxylation is 1. The Bertz CT molecular complexity index is 463. The number of hydrogen-bond donors (Lipinski definition) is 0. The van der Waals surface area contributed by atoms with Gasteiger partial charge in [0.05, 0.1) is 11.9 Å². The molecule has 4 nitrogen and oxygen atoms in total. The molecular formula is C14H16O4-2. The van der Waals surface area contributed by atoms with Crippen molar-refractivity contribution in [1.29, 1.82) is 0 Å². The number of benzene rings is 1. The summed E-state index contributed by atoms with van der Waals surface area (Å²) in [6, 6.07) is 2.97. The normalized spacial score (nSPS) is 10.3. The molecule has 0 fully saturated rings. The van der Waals surface area contributed by atoms with E-state index in [0.717, 1.165) is 6.42 Å². The van der Waals surface area contributed by atoms with E-state index in [2.05, 4.69) is 0 Å². The van der Waals surface area contributed by atoms with E-state index in [0.29, 0.717) is 30.4 Å². The molecule has 1 aromatic carbocycles. The van der Waals surface area contributed by atoms with Crippen LogP contribution in [0.1, 0.15) is 58.5 Å². The van der Waals surface area contributed by atoms with Crippen LogP contribution >= 0.6 is 0 Å². The van der Waals surface area contributed by atoms with Crippen molar-refractivity contribution in [3.63, 3.8) is 0 Å². The molecule has 0 bridgehead atoms. The van der Waals surface area contributed by atoms with Crippen LogP contribution in [0.25, 0.3) is 0 Å². The maximum absolute atomic E-state index is 11.2. The molecule has 0 aliphatic heterocycles. The molecule has 0 aromatic heterocycles. The first kappa shape index (κ1) is 14.2. The van der Waals surface area contributed by atoms with Gasteiger partial charge in [-0.05, 0) is 24.0 Å². The molecule has 98 valence electrons. The number of aromatic carboxylic acids is 2. The van der Waals surface area contributed by atoms with Crippen LogP contribution in [-0.4, -0.2) is 11.9 Å². The highest BCUT2D eigenvalue weighted by Gasteiger charge is 2.13. The molecule has 0 aliphatic carbocycles. The second-order valence-electron chi connectivity index (χ2n) is 4.20. The molecule has 0 amide bonds. The van der Waals surface area contributed by atoms with Crippen LogP contribution in [0.4, 0.5) is 0 Å². The lowest BCUT2D eigenvalue weighted by Crippen LogP contribution is -2.29. The van der Waals surface area contributed by atoms with E-state index < -0.39 is 11.9 Å². The Labute approximate surface area is 106 Å². The summed E-state index contributed by atoms with van der Waals surface area (Å²) in [4.78, 5) is 22.3. The minimum absolute atomic E-state index is 0.0281. The lowest BCUT2D eigenvalue weighted by atomic mass is 9.91. The third kappa shape index (κ3) is 2.88. The van der Waals surface area contributed by atoms with Gasteiger partial charge in [0, 0.05) is 11.1 Å². The Morgan fingerprint density at radius 3 is 2.06 bits per heavy atom. The number of carboxylic acids is 2. The third-order valence-corrected chi connectivity index (χ3v) is 2.84. The molecule has 0 saturated heterocycles. The summed E-state index contributed by atoms with van der Waals surface area (Å²) in [6.45, 7) is 3.80. The van der Waals surface area contributed by atoms with Crippen LogP contribution in [0.2, 0.25) is 0 Å². The van der Waals surface area contributed by atoms with E-state index in [1.165, 1.54) is 6.07 Å². The Morgan fingerprint density at radius 1 is 1.00 bits per heavy atom. The SMILES string of the molecule is CCCc1ccc(C(=O)[O-])c(CCC)c1C(=O)[O-]. The number of carboxylic acid groups (broad SMARTS) is 2. The Morgan fingerprint density at radius 2 is 1.61 bits per heavy atom. The fourth-order valence-electron chi connectivity index (χ4n) is 2.13. The van der Waals surface area contributed by atoms with Gasteiger partial charge in [0.2, 0.25) is 0 Å². The van der Waals surface area contributed by atoms with Gasteiger partial charge < -0.3 is 19.8 Å². The van der Waals surface area contributed by atoms with E-state index in [1.807, 2.05) is 13.8 Å². The summed E-state index contributed by atoms with van der Waals surface area (Å²) in [6.07, 6.45) is 2.43. The van der Waals surface area contributed by atoms with Crippen LogP contribution in [0.3, 0.4) is 0 Å². The van der Waals surface area contributed by atoms with Crippen LogP contribution in [0, 0.1) is 0 Å². The highest BCUT2D eigenvalue weighted by atomic mass is 16.4. The van der Waals surface area contributed by atoms with E-state index >= 15 is 0 Å². The maximum Gasteiger partial charge on any atom is 0.0721 e. The molecule has 0 spiro atoms. The lowest BCUT2D eigenvalue weighted by Gasteiger charge is -2.19. The van der Waals surface area contributed by atoms with E-state index in [-0.39, 0.29) is 11.1 Å². The topological polar surface area (TPSA) is 80.3 Å². The molecule has 4 heteroatoms. The van der Waals surface area contributed by atoms with Gasteiger partial charge >= 0.3 is 0 Å². The van der Waals surface area contributed by atoms with Gasteiger partial charge in [0.15, 0.2) is 0 Å². The minimum atomic E-state index is -1.34. The fraction of sp³-hybridized carbons (Fsp3) is 0.429. The molecule has 0 saturated carbocycles. The van der Waals surface area contributed by atoms with Crippen molar-refractivity contribution in [2.45, 2.75) is 39.5 Å². The van der Waals surface area contributed by atoms with Gasteiger partial charge in [0.1, 0.15) is 0 Å². The first-order chi connectivity index (χ1) is 8.52. The number of carbonyl (C=O) groups excluding carboxylic acids is 2. The summed E-state index contributed by atoms with van der Waals surface area (Å²) in [5, 5.41) is 22.3. The van der Waals surface area contributed by atoms with Gasteiger partial charge in [-0.2, -0.15) is 0 Å². The number of rotatable bonds is 6. The number of carbonyl (C=O) groups is 2. The zero-order valence-electron chi connectivity index (χ0n) is 10.6. The smallest absolute Gasteiger partial charge is 0.0721 e. The standard InChI is InChI=1S/C14H18O4/c1-3-5-9-7-8-11(13(15)16)10(6-4-2)12(9)14(17)18/h7-8H,3-6H2,1-2H3,(H,15,16)(H,17,18)/p-2. The lowest BCUT2D eigenvalue weighted by molar-refractivity contribution is -0.255. The van der Waals surface area contributed by atoms with Gasteiger partial charge in [-0.1, -0.05) is 38.8 Å². The van der Waals surface area contributed by atoms with Crippen LogP contribution in [0.5, 0.6) is 0 Å². The number of hydrogen-bond acceptors (Lipinski definition) is 4. The molecule has 0 atom stereocenters. The molecule has 1 aromatic rings. The van der Waals surface area contributed by atoms with E-state index in [4.69, 9.17) is 0 Å². The van der Waals surface area contributed by atoms with Crippen molar-refractivity contribution < 1.29 is 19.8 Å². The second kappa shape index (κ2) is 6.19. The minimum Gasteiger partial charge on any atom is -0.545 e. The van der Waals surface area contributed by atoms with Crippen molar-refractivity contribution in [3.8, 4) is 0 Å². The van der Waals surface area contributed by atoms with Crippen molar-refractivity contribution in [3.05, 3.63) is 34.4 Å². The van der Waals surface area contributed by atoms with Crippen molar-refractivity contribution in [1.82, 2.24) is 0 Å². The molecule has 0 radical (unpaired) electrons.